The second kappa shape index (κ2) is 7.14. The van der Waals surface area contributed by atoms with Crippen molar-refractivity contribution in [3.63, 3.8) is 0 Å². The Hall–Kier alpha value is -1.55. The van der Waals surface area contributed by atoms with Crippen LogP contribution in [0.3, 0.4) is 0 Å². The van der Waals surface area contributed by atoms with Crippen LogP contribution >= 0.6 is 11.6 Å². The fourth-order valence-electron chi connectivity index (χ4n) is 1.66. The summed E-state index contributed by atoms with van der Waals surface area (Å²) in [6.07, 6.45) is 1.21. The number of aliphatic carboxylic acids is 1. The van der Waals surface area contributed by atoms with Crippen LogP contribution in [0, 0.1) is 5.92 Å². The number of benzene rings is 1. The van der Waals surface area contributed by atoms with Crippen molar-refractivity contribution in [3.8, 4) is 0 Å². The smallest absolute Gasteiger partial charge is 0.323 e. The van der Waals surface area contributed by atoms with Crippen molar-refractivity contribution in [2.75, 3.05) is 11.4 Å². The zero-order valence-corrected chi connectivity index (χ0v) is 11.9. The van der Waals surface area contributed by atoms with Gasteiger partial charge in [0.15, 0.2) is 0 Å². The van der Waals surface area contributed by atoms with E-state index in [0.29, 0.717) is 17.1 Å². The highest BCUT2D eigenvalue weighted by atomic mass is 35.5. The van der Waals surface area contributed by atoms with Crippen molar-refractivity contribution in [2.45, 2.75) is 26.7 Å². The van der Waals surface area contributed by atoms with E-state index in [1.807, 2.05) is 13.8 Å². The third-order valence-corrected chi connectivity index (χ3v) is 3.17. The second-order valence-corrected chi connectivity index (χ2v) is 5.01. The lowest BCUT2D eigenvalue weighted by Crippen LogP contribution is -2.36. The van der Waals surface area contributed by atoms with Gasteiger partial charge in [-0.1, -0.05) is 37.9 Å². The molecule has 0 fully saturated rings. The number of carboxylic acid groups (broad SMARTS) is 1. The van der Waals surface area contributed by atoms with Gasteiger partial charge in [-0.15, -0.1) is 0 Å². The van der Waals surface area contributed by atoms with E-state index in [0.717, 1.165) is 6.42 Å². The highest BCUT2D eigenvalue weighted by molar-refractivity contribution is 6.30. The largest absolute Gasteiger partial charge is 0.480 e. The monoisotopic (exact) mass is 283 g/mol. The first kappa shape index (κ1) is 15.5. The van der Waals surface area contributed by atoms with Gasteiger partial charge in [0, 0.05) is 17.1 Å². The van der Waals surface area contributed by atoms with Gasteiger partial charge in [0.1, 0.15) is 6.54 Å². The quantitative estimate of drug-likeness (QED) is 0.872. The molecule has 0 spiro atoms. The first-order chi connectivity index (χ1) is 8.93. The molecule has 0 aliphatic carbocycles. The van der Waals surface area contributed by atoms with Gasteiger partial charge in [-0.2, -0.15) is 0 Å². The van der Waals surface area contributed by atoms with E-state index in [4.69, 9.17) is 16.7 Å². The molecule has 1 aromatic carbocycles. The number of carbonyl (C=O) groups is 2. The average molecular weight is 284 g/mol. The first-order valence-electron chi connectivity index (χ1n) is 6.21. The van der Waals surface area contributed by atoms with Crippen molar-refractivity contribution in [3.05, 3.63) is 29.3 Å². The third-order valence-electron chi connectivity index (χ3n) is 2.93. The van der Waals surface area contributed by atoms with Crippen LogP contribution in [-0.2, 0) is 9.59 Å². The Morgan fingerprint density at radius 1 is 1.42 bits per heavy atom. The number of halogens is 1. The summed E-state index contributed by atoms with van der Waals surface area (Å²) >= 11 is 5.88. The summed E-state index contributed by atoms with van der Waals surface area (Å²) in [6.45, 7) is 3.61. The van der Waals surface area contributed by atoms with Crippen LogP contribution < -0.4 is 4.90 Å². The summed E-state index contributed by atoms with van der Waals surface area (Å²) in [6, 6.07) is 6.66. The Morgan fingerprint density at radius 2 is 2.11 bits per heavy atom. The highest BCUT2D eigenvalue weighted by Gasteiger charge is 2.20. The van der Waals surface area contributed by atoms with Crippen LogP contribution in [0.4, 0.5) is 5.69 Å². The summed E-state index contributed by atoms with van der Waals surface area (Å²) in [7, 11) is 0. The lowest BCUT2D eigenvalue weighted by atomic mass is 10.0. The minimum Gasteiger partial charge on any atom is -0.480 e. The number of rotatable bonds is 6. The summed E-state index contributed by atoms with van der Waals surface area (Å²) in [5.41, 5.74) is 0.517. The predicted molar refractivity (Wildman–Crippen MR) is 75.5 cm³/mol. The Kier molecular flexibility index (Phi) is 5.83. The molecule has 1 rings (SSSR count). The Morgan fingerprint density at radius 3 is 2.63 bits per heavy atom. The van der Waals surface area contributed by atoms with Gasteiger partial charge in [0.2, 0.25) is 5.91 Å². The molecular formula is C14H18ClNO3. The number of hydrogen-bond acceptors (Lipinski definition) is 2. The van der Waals surface area contributed by atoms with Crippen LogP contribution in [0.2, 0.25) is 5.02 Å². The Balaban J connectivity index is 2.94. The molecule has 1 aromatic rings. The van der Waals surface area contributed by atoms with Gasteiger partial charge >= 0.3 is 5.97 Å². The topological polar surface area (TPSA) is 57.6 Å². The maximum atomic E-state index is 12.2. The fraction of sp³-hybridized carbons (Fsp3) is 0.429. The van der Waals surface area contributed by atoms with Gasteiger partial charge in [-0.3, -0.25) is 9.59 Å². The van der Waals surface area contributed by atoms with Crippen LogP contribution in [0.1, 0.15) is 26.7 Å². The molecule has 0 aromatic heterocycles. The number of carboxylic acids is 1. The molecule has 19 heavy (non-hydrogen) atoms. The van der Waals surface area contributed by atoms with Crippen molar-refractivity contribution >= 4 is 29.2 Å². The van der Waals surface area contributed by atoms with E-state index < -0.39 is 5.97 Å². The van der Waals surface area contributed by atoms with Gasteiger partial charge in [-0.05, 0) is 24.1 Å². The lowest BCUT2D eigenvalue weighted by Gasteiger charge is -2.22. The van der Waals surface area contributed by atoms with E-state index in [-0.39, 0.29) is 18.4 Å². The average Bonchev–Trinajstić information content (AvgIpc) is 2.35. The van der Waals surface area contributed by atoms with Gasteiger partial charge in [-0.25, -0.2) is 0 Å². The minimum absolute atomic E-state index is 0.195. The van der Waals surface area contributed by atoms with E-state index in [2.05, 4.69) is 0 Å². The zero-order valence-electron chi connectivity index (χ0n) is 11.1. The molecule has 1 N–H and O–H groups in total. The van der Waals surface area contributed by atoms with E-state index >= 15 is 0 Å². The molecule has 0 aliphatic rings. The molecule has 104 valence electrons. The molecule has 4 nitrogen and oxygen atoms in total. The van der Waals surface area contributed by atoms with Crippen LogP contribution in [0.5, 0.6) is 0 Å². The SMILES string of the molecule is CCC(C)CC(=O)N(CC(=O)O)c1cccc(Cl)c1. The van der Waals surface area contributed by atoms with Crippen molar-refractivity contribution in [2.24, 2.45) is 5.92 Å². The summed E-state index contributed by atoms with van der Waals surface area (Å²) in [5, 5.41) is 9.40. The number of anilines is 1. The van der Waals surface area contributed by atoms with E-state index in [9.17, 15) is 9.59 Å². The number of nitrogens with zero attached hydrogens (tertiary/aromatic N) is 1. The molecule has 0 bridgehead atoms. The predicted octanol–water partition coefficient (Wildman–Crippen LogP) is 3.19. The molecule has 0 radical (unpaired) electrons. The van der Waals surface area contributed by atoms with E-state index in [1.54, 1.807) is 24.3 Å². The molecular weight excluding hydrogens is 266 g/mol. The number of amides is 1. The zero-order chi connectivity index (χ0) is 14.4. The first-order valence-corrected chi connectivity index (χ1v) is 6.59. The molecule has 0 saturated carbocycles. The molecule has 1 unspecified atom stereocenters. The van der Waals surface area contributed by atoms with Crippen molar-refractivity contribution in [1.82, 2.24) is 0 Å². The van der Waals surface area contributed by atoms with Gasteiger partial charge in [0.25, 0.3) is 0 Å². The minimum atomic E-state index is -1.04. The molecule has 0 heterocycles. The summed E-state index contributed by atoms with van der Waals surface area (Å²) in [5.74, 6) is -1.01. The molecule has 1 atom stereocenters. The molecule has 0 aliphatic heterocycles. The van der Waals surface area contributed by atoms with Crippen LogP contribution in [0.25, 0.3) is 0 Å². The van der Waals surface area contributed by atoms with Gasteiger partial charge in [0.05, 0.1) is 0 Å². The van der Waals surface area contributed by atoms with Crippen LogP contribution in [-0.4, -0.2) is 23.5 Å². The van der Waals surface area contributed by atoms with E-state index in [1.165, 1.54) is 4.90 Å². The summed E-state index contributed by atoms with van der Waals surface area (Å²) < 4.78 is 0. The number of hydrogen-bond donors (Lipinski definition) is 1. The Bertz CT molecular complexity index is 462. The standard InChI is InChI=1S/C14H18ClNO3/c1-3-10(2)7-13(17)16(9-14(18)19)12-6-4-5-11(15)8-12/h4-6,8,10H,3,7,9H2,1-2H3,(H,18,19). The highest BCUT2D eigenvalue weighted by Crippen LogP contribution is 2.21. The maximum absolute atomic E-state index is 12.2. The fourth-order valence-corrected chi connectivity index (χ4v) is 1.84. The maximum Gasteiger partial charge on any atom is 0.323 e. The third kappa shape index (κ3) is 4.91. The molecule has 1 amide bonds. The lowest BCUT2D eigenvalue weighted by molar-refractivity contribution is -0.136. The molecule has 5 heteroatoms. The van der Waals surface area contributed by atoms with Crippen molar-refractivity contribution in [1.29, 1.82) is 0 Å². The van der Waals surface area contributed by atoms with Crippen LogP contribution in [0.15, 0.2) is 24.3 Å². The number of carbonyl (C=O) groups excluding carboxylic acids is 1. The Labute approximate surface area is 118 Å². The normalized spacial score (nSPS) is 11.9. The second-order valence-electron chi connectivity index (χ2n) is 4.57. The molecule has 0 saturated heterocycles. The summed E-state index contributed by atoms with van der Waals surface area (Å²) in [4.78, 5) is 24.3. The van der Waals surface area contributed by atoms with Gasteiger partial charge < -0.3 is 10.0 Å². The van der Waals surface area contributed by atoms with Crippen molar-refractivity contribution < 1.29 is 14.7 Å².